The van der Waals surface area contributed by atoms with Gasteiger partial charge in [0.2, 0.25) is 0 Å². The molecule has 0 unspecified atom stereocenters. The molecule has 0 saturated heterocycles. The van der Waals surface area contributed by atoms with Gasteiger partial charge < -0.3 is 24.5 Å². The molecule has 0 bridgehead atoms. The highest BCUT2D eigenvalue weighted by Crippen LogP contribution is 2.13. The fourth-order valence-corrected chi connectivity index (χ4v) is 2.85. The smallest absolute Gasteiger partial charge is 0.357 e. The van der Waals surface area contributed by atoms with E-state index < -0.39 is 18.0 Å². The molecule has 30 heavy (non-hydrogen) atoms. The number of carbonyl (C=O) groups excluding carboxylic acids is 2. The van der Waals surface area contributed by atoms with Gasteiger partial charge in [-0.1, -0.05) is 48.5 Å². The van der Waals surface area contributed by atoms with Gasteiger partial charge in [-0.25, -0.2) is 9.78 Å². The minimum Gasteiger partial charge on any atom is -0.491 e. The van der Waals surface area contributed by atoms with Gasteiger partial charge in [-0.2, -0.15) is 0 Å². The van der Waals surface area contributed by atoms with Crippen molar-refractivity contribution >= 4 is 11.9 Å². The molecular weight excluding hydrogens is 386 g/mol. The van der Waals surface area contributed by atoms with E-state index in [4.69, 9.17) is 9.47 Å². The SMILES string of the molecule is COC(=O)c1c(C(=O)NCc2ccccc2)ncn1C[C@@H](O)COc1ccccc1. The summed E-state index contributed by atoms with van der Waals surface area (Å²) in [7, 11) is 1.22. The Morgan fingerprint density at radius 2 is 1.77 bits per heavy atom. The molecule has 8 nitrogen and oxygen atoms in total. The van der Waals surface area contributed by atoms with Crippen LogP contribution in [0.5, 0.6) is 5.75 Å². The molecule has 2 aromatic carbocycles. The topological polar surface area (TPSA) is 103 Å². The summed E-state index contributed by atoms with van der Waals surface area (Å²) in [5.41, 5.74) is 0.828. The summed E-state index contributed by atoms with van der Waals surface area (Å²) >= 11 is 0. The molecule has 0 aliphatic heterocycles. The number of ether oxygens (including phenoxy) is 2. The van der Waals surface area contributed by atoms with E-state index in [0.29, 0.717) is 12.3 Å². The number of hydrogen-bond donors (Lipinski definition) is 2. The van der Waals surface area contributed by atoms with Gasteiger partial charge in [0, 0.05) is 6.54 Å². The molecule has 1 amide bonds. The van der Waals surface area contributed by atoms with Crippen molar-refractivity contribution < 1.29 is 24.2 Å². The summed E-state index contributed by atoms with van der Waals surface area (Å²) < 4.78 is 11.7. The van der Waals surface area contributed by atoms with Gasteiger partial charge in [0.25, 0.3) is 5.91 Å². The number of carbonyl (C=O) groups is 2. The summed E-state index contributed by atoms with van der Waals surface area (Å²) in [5.74, 6) is -0.599. The van der Waals surface area contributed by atoms with Gasteiger partial charge >= 0.3 is 5.97 Å². The van der Waals surface area contributed by atoms with Gasteiger partial charge in [0.1, 0.15) is 18.5 Å². The predicted molar refractivity (Wildman–Crippen MR) is 109 cm³/mol. The number of methoxy groups -OCH3 is 1. The van der Waals surface area contributed by atoms with E-state index in [1.165, 1.54) is 18.0 Å². The zero-order valence-corrected chi connectivity index (χ0v) is 16.5. The minimum absolute atomic E-state index is 0.0102. The highest BCUT2D eigenvalue weighted by atomic mass is 16.5. The average Bonchev–Trinajstić information content (AvgIpc) is 3.20. The number of rotatable bonds is 9. The molecular formula is C22H23N3O5. The first-order valence-corrected chi connectivity index (χ1v) is 9.40. The second-order valence-electron chi connectivity index (χ2n) is 6.53. The normalized spacial score (nSPS) is 11.5. The van der Waals surface area contributed by atoms with E-state index in [1.807, 2.05) is 48.5 Å². The second-order valence-corrected chi connectivity index (χ2v) is 6.53. The lowest BCUT2D eigenvalue weighted by Gasteiger charge is -2.14. The lowest BCUT2D eigenvalue weighted by molar-refractivity contribution is 0.0570. The van der Waals surface area contributed by atoms with E-state index in [2.05, 4.69) is 10.3 Å². The molecule has 1 atom stereocenters. The Morgan fingerprint density at radius 1 is 1.10 bits per heavy atom. The summed E-state index contributed by atoms with van der Waals surface area (Å²) in [4.78, 5) is 28.9. The molecule has 1 aromatic heterocycles. The predicted octanol–water partition coefficient (Wildman–Crippen LogP) is 2.04. The Labute approximate surface area is 174 Å². The number of benzene rings is 2. The first-order chi connectivity index (χ1) is 14.6. The zero-order valence-electron chi connectivity index (χ0n) is 16.5. The molecule has 0 fully saturated rings. The number of hydrogen-bond acceptors (Lipinski definition) is 6. The van der Waals surface area contributed by atoms with Crippen LogP contribution in [0.15, 0.2) is 67.0 Å². The number of aromatic nitrogens is 2. The molecule has 156 valence electrons. The van der Waals surface area contributed by atoms with E-state index in [0.717, 1.165) is 5.56 Å². The van der Waals surface area contributed by atoms with Crippen LogP contribution in [0.3, 0.4) is 0 Å². The molecule has 1 heterocycles. The van der Waals surface area contributed by atoms with Crippen LogP contribution in [0.1, 0.15) is 26.5 Å². The lowest BCUT2D eigenvalue weighted by Crippen LogP contribution is -2.28. The van der Waals surface area contributed by atoms with E-state index in [1.54, 1.807) is 12.1 Å². The second kappa shape index (κ2) is 10.2. The third kappa shape index (κ3) is 5.45. The van der Waals surface area contributed by atoms with Crippen molar-refractivity contribution in [3.05, 3.63) is 83.9 Å². The number of para-hydroxylation sites is 1. The maximum Gasteiger partial charge on any atom is 0.357 e. The molecule has 3 aromatic rings. The van der Waals surface area contributed by atoms with Crippen molar-refractivity contribution in [1.29, 1.82) is 0 Å². The van der Waals surface area contributed by atoms with Crippen LogP contribution in [-0.2, 0) is 17.8 Å². The van der Waals surface area contributed by atoms with Crippen LogP contribution in [0.25, 0.3) is 0 Å². The summed E-state index contributed by atoms with van der Waals surface area (Å²) in [6, 6.07) is 18.5. The van der Waals surface area contributed by atoms with Crippen LogP contribution < -0.4 is 10.1 Å². The minimum atomic E-state index is -0.928. The van der Waals surface area contributed by atoms with Gasteiger partial charge in [-0.3, -0.25) is 4.79 Å². The van der Waals surface area contributed by atoms with E-state index in [-0.39, 0.29) is 24.5 Å². The molecule has 0 aliphatic rings. The van der Waals surface area contributed by atoms with Crippen molar-refractivity contribution in [1.82, 2.24) is 14.9 Å². The first kappa shape index (κ1) is 21.1. The third-order valence-electron chi connectivity index (χ3n) is 4.32. The standard InChI is InChI=1S/C22H23N3O5/c1-29-22(28)20-19(21(27)23-12-16-8-4-2-5-9-16)24-15-25(20)13-17(26)14-30-18-10-6-3-7-11-18/h2-11,15,17,26H,12-14H2,1H3,(H,23,27)/t17-/m1/s1. The average molecular weight is 409 g/mol. The number of aliphatic hydroxyl groups excluding tert-OH is 1. The molecule has 0 saturated carbocycles. The largest absolute Gasteiger partial charge is 0.491 e. The van der Waals surface area contributed by atoms with Crippen LogP contribution >= 0.6 is 0 Å². The molecule has 3 rings (SSSR count). The van der Waals surface area contributed by atoms with E-state index in [9.17, 15) is 14.7 Å². The van der Waals surface area contributed by atoms with Crippen molar-refractivity contribution in [2.45, 2.75) is 19.2 Å². The lowest BCUT2D eigenvalue weighted by atomic mass is 10.2. The number of esters is 1. The van der Waals surface area contributed by atoms with Crippen LogP contribution in [0.2, 0.25) is 0 Å². The van der Waals surface area contributed by atoms with E-state index >= 15 is 0 Å². The Morgan fingerprint density at radius 3 is 2.43 bits per heavy atom. The fraction of sp³-hybridized carbons (Fsp3) is 0.227. The maximum atomic E-state index is 12.6. The Kier molecular flexibility index (Phi) is 7.18. The number of amides is 1. The molecule has 0 radical (unpaired) electrons. The number of nitrogens with one attached hydrogen (secondary N) is 1. The highest BCUT2D eigenvalue weighted by Gasteiger charge is 2.25. The first-order valence-electron chi connectivity index (χ1n) is 9.40. The maximum absolute atomic E-state index is 12.6. The number of imidazole rings is 1. The summed E-state index contributed by atoms with van der Waals surface area (Å²) in [6.45, 7) is 0.315. The third-order valence-corrected chi connectivity index (χ3v) is 4.32. The number of aliphatic hydroxyl groups is 1. The van der Waals surface area contributed by atoms with Crippen LogP contribution in [0.4, 0.5) is 0 Å². The van der Waals surface area contributed by atoms with Crippen LogP contribution in [0, 0.1) is 0 Å². The Balaban J connectivity index is 1.68. The van der Waals surface area contributed by atoms with Crippen molar-refractivity contribution in [3.8, 4) is 5.75 Å². The number of nitrogens with zero attached hydrogens (tertiary/aromatic N) is 2. The van der Waals surface area contributed by atoms with Gasteiger partial charge in [0.05, 0.1) is 20.0 Å². The quantitative estimate of drug-likeness (QED) is 0.525. The molecule has 2 N–H and O–H groups in total. The molecule has 8 heteroatoms. The monoisotopic (exact) mass is 409 g/mol. The summed E-state index contributed by atoms with van der Waals surface area (Å²) in [6.07, 6.45) is 0.401. The van der Waals surface area contributed by atoms with Gasteiger partial charge in [-0.15, -0.1) is 0 Å². The van der Waals surface area contributed by atoms with Gasteiger partial charge in [-0.05, 0) is 17.7 Å². The van der Waals surface area contributed by atoms with Crippen molar-refractivity contribution in [2.24, 2.45) is 0 Å². The Hall–Kier alpha value is -3.65. The molecule has 0 aliphatic carbocycles. The highest BCUT2D eigenvalue weighted by molar-refractivity contribution is 6.03. The van der Waals surface area contributed by atoms with Crippen molar-refractivity contribution in [3.63, 3.8) is 0 Å². The molecule has 0 spiro atoms. The zero-order chi connectivity index (χ0) is 21.3. The summed E-state index contributed by atoms with van der Waals surface area (Å²) in [5, 5.41) is 13.1. The van der Waals surface area contributed by atoms with Crippen molar-refractivity contribution in [2.75, 3.05) is 13.7 Å². The fourth-order valence-electron chi connectivity index (χ4n) is 2.85. The van der Waals surface area contributed by atoms with Gasteiger partial charge in [0.15, 0.2) is 11.4 Å². The van der Waals surface area contributed by atoms with Crippen LogP contribution in [-0.4, -0.2) is 46.4 Å². The Bertz CT molecular complexity index is 973.